The van der Waals surface area contributed by atoms with Crippen molar-refractivity contribution in [2.75, 3.05) is 18.8 Å². The molecule has 1 aromatic rings. The Bertz CT molecular complexity index is 325. The van der Waals surface area contributed by atoms with Gasteiger partial charge in [0.05, 0.1) is 6.10 Å². The molecule has 1 atom stereocenters. The number of rotatable bonds is 5. The van der Waals surface area contributed by atoms with Gasteiger partial charge in [-0.3, -0.25) is 4.90 Å². The highest BCUT2D eigenvalue weighted by Gasteiger charge is 2.14. The van der Waals surface area contributed by atoms with Gasteiger partial charge in [-0.2, -0.15) is 0 Å². The number of aliphatic hydroxyl groups is 1. The Morgan fingerprint density at radius 1 is 1.38 bits per heavy atom. The SMILES string of the molecule is CCN(CC(O)c1cccc(N)c1)C(C)C. The topological polar surface area (TPSA) is 49.5 Å². The number of aliphatic hydroxyl groups excluding tert-OH is 1. The van der Waals surface area contributed by atoms with Crippen LogP contribution in [0.1, 0.15) is 32.4 Å². The molecule has 0 bridgehead atoms. The molecule has 1 aromatic carbocycles. The van der Waals surface area contributed by atoms with Gasteiger partial charge in [0.15, 0.2) is 0 Å². The Kier molecular flexibility index (Phi) is 4.77. The van der Waals surface area contributed by atoms with Crippen molar-refractivity contribution < 1.29 is 5.11 Å². The molecular weight excluding hydrogens is 200 g/mol. The molecule has 0 amide bonds. The number of benzene rings is 1. The Hall–Kier alpha value is -1.06. The Morgan fingerprint density at radius 3 is 2.56 bits per heavy atom. The highest BCUT2D eigenvalue weighted by Crippen LogP contribution is 2.17. The lowest BCUT2D eigenvalue weighted by Gasteiger charge is -2.27. The van der Waals surface area contributed by atoms with Crippen LogP contribution in [0.25, 0.3) is 0 Å². The Morgan fingerprint density at radius 2 is 2.06 bits per heavy atom. The molecule has 16 heavy (non-hydrogen) atoms. The van der Waals surface area contributed by atoms with Crippen molar-refractivity contribution in [1.82, 2.24) is 4.90 Å². The van der Waals surface area contributed by atoms with E-state index in [1.54, 1.807) is 0 Å². The minimum absolute atomic E-state index is 0.445. The van der Waals surface area contributed by atoms with E-state index in [2.05, 4.69) is 25.7 Å². The molecule has 1 unspecified atom stereocenters. The zero-order chi connectivity index (χ0) is 12.1. The normalized spacial score (nSPS) is 13.4. The number of likely N-dealkylation sites (N-methyl/N-ethyl adjacent to an activating group) is 1. The summed E-state index contributed by atoms with van der Waals surface area (Å²) in [4.78, 5) is 2.23. The summed E-state index contributed by atoms with van der Waals surface area (Å²) < 4.78 is 0. The smallest absolute Gasteiger partial charge is 0.0917 e. The van der Waals surface area contributed by atoms with Crippen LogP contribution in [0.2, 0.25) is 0 Å². The zero-order valence-electron chi connectivity index (χ0n) is 10.4. The first-order valence-electron chi connectivity index (χ1n) is 5.82. The second-order valence-corrected chi connectivity index (χ2v) is 4.37. The number of hydrogen-bond donors (Lipinski definition) is 2. The van der Waals surface area contributed by atoms with Gasteiger partial charge in [0.25, 0.3) is 0 Å². The summed E-state index contributed by atoms with van der Waals surface area (Å²) in [7, 11) is 0. The number of nitrogens with zero attached hydrogens (tertiary/aromatic N) is 1. The maximum absolute atomic E-state index is 10.1. The lowest BCUT2D eigenvalue weighted by molar-refractivity contribution is 0.0992. The van der Waals surface area contributed by atoms with Crippen LogP contribution >= 0.6 is 0 Å². The lowest BCUT2D eigenvalue weighted by atomic mass is 10.1. The Balaban J connectivity index is 2.67. The largest absolute Gasteiger partial charge is 0.399 e. The molecule has 0 fully saturated rings. The molecule has 0 aliphatic carbocycles. The predicted molar refractivity (Wildman–Crippen MR) is 68.2 cm³/mol. The van der Waals surface area contributed by atoms with Gasteiger partial charge in [0, 0.05) is 18.3 Å². The second-order valence-electron chi connectivity index (χ2n) is 4.37. The quantitative estimate of drug-likeness (QED) is 0.749. The minimum atomic E-state index is -0.467. The number of hydrogen-bond acceptors (Lipinski definition) is 3. The van der Waals surface area contributed by atoms with Crippen molar-refractivity contribution in [2.45, 2.75) is 32.9 Å². The van der Waals surface area contributed by atoms with E-state index in [1.165, 1.54) is 0 Å². The fourth-order valence-electron chi connectivity index (χ4n) is 1.80. The van der Waals surface area contributed by atoms with Crippen molar-refractivity contribution in [2.24, 2.45) is 0 Å². The summed E-state index contributed by atoms with van der Waals surface area (Å²) >= 11 is 0. The highest BCUT2D eigenvalue weighted by atomic mass is 16.3. The predicted octanol–water partition coefficient (Wildman–Crippen LogP) is 2.03. The molecule has 3 N–H and O–H groups in total. The lowest BCUT2D eigenvalue weighted by Crippen LogP contribution is -2.34. The molecule has 0 heterocycles. The van der Waals surface area contributed by atoms with Gasteiger partial charge in [-0.25, -0.2) is 0 Å². The Labute approximate surface area is 97.9 Å². The molecule has 0 aliphatic rings. The average Bonchev–Trinajstić information content (AvgIpc) is 2.25. The van der Waals surface area contributed by atoms with Crippen LogP contribution in [0.5, 0.6) is 0 Å². The van der Waals surface area contributed by atoms with E-state index < -0.39 is 6.10 Å². The van der Waals surface area contributed by atoms with Crippen LogP contribution in [0.15, 0.2) is 24.3 Å². The summed E-state index contributed by atoms with van der Waals surface area (Å²) in [6.45, 7) is 7.96. The van der Waals surface area contributed by atoms with E-state index >= 15 is 0 Å². The molecule has 0 saturated carbocycles. The van der Waals surface area contributed by atoms with E-state index in [-0.39, 0.29) is 0 Å². The minimum Gasteiger partial charge on any atom is -0.399 e. The monoisotopic (exact) mass is 222 g/mol. The van der Waals surface area contributed by atoms with Crippen LogP contribution < -0.4 is 5.73 Å². The maximum Gasteiger partial charge on any atom is 0.0917 e. The van der Waals surface area contributed by atoms with Crippen molar-refractivity contribution in [1.29, 1.82) is 0 Å². The highest BCUT2D eigenvalue weighted by molar-refractivity contribution is 5.41. The zero-order valence-corrected chi connectivity index (χ0v) is 10.4. The summed E-state index contributed by atoms with van der Waals surface area (Å²) in [6, 6.07) is 7.89. The van der Waals surface area contributed by atoms with Gasteiger partial charge in [0.1, 0.15) is 0 Å². The third kappa shape index (κ3) is 3.51. The van der Waals surface area contributed by atoms with E-state index in [9.17, 15) is 5.11 Å². The molecule has 0 aliphatic heterocycles. The standard InChI is InChI=1S/C13H22N2O/c1-4-15(10(2)3)9-13(16)11-6-5-7-12(14)8-11/h5-8,10,13,16H,4,9,14H2,1-3H3. The summed E-state index contributed by atoms with van der Waals surface area (Å²) in [6.07, 6.45) is -0.467. The van der Waals surface area contributed by atoms with Gasteiger partial charge < -0.3 is 10.8 Å². The fourth-order valence-corrected chi connectivity index (χ4v) is 1.80. The molecule has 0 radical (unpaired) electrons. The molecule has 1 rings (SSSR count). The van der Waals surface area contributed by atoms with Gasteiger partial charge in [0.2, 0.25) is 0 Å². The number of nitrogens with two attached hydrogens (primary N) is 1. The van der Waals surface area contributed by atoms with Crippen LogP contribution in [-0.2, 0) is 0 Å². The van der Waals surface area contributed by atoms with E-state index in [1.807, 2.05) is 24.3 Å². The third-order valence-electron chi connectivity index (χ3n) is 2.84. The fraction of sp³-hybridized carbons (Fsp3) is 0.538. The van der Waals surface area contributed by atoms with Gasteiger partial charge in [-0.1, -0.05) is 19.1 Å². The third-order valence-corrected chi connectivity index (χ3v) is 2.84. The van der Waals surface area contributed by atoms with Crippen molar-refractivity contribution >= 4 is 5.69 Å². The van der Waals surface area contributed by atoms with Gasteiger partial charge >= 0.3 is 0 Å². The van der Waals surface area contributed by atoms with Crippen molar-refractivity contribution in [3.63, 3.8) is 0 Å². The van der Waals surface area contributed by atoms with E-state index in [0.29, 0.717) is 18.3 Å². The molecule has 0 saturated heterocycles. The molecule has 0 aromatic heterocycles. The maximum atomic E-state index is 10.1. The molecule has 0 spiro atoms. The summed E-state index contributed by atoms with van der Waals surface area (Å²) in [5.41, 5.74) is 7.28. The van der Waals surface area contributed by atoms with Gasteiger partial charge in [-0.05, 0) is 38.1 Å². The molecule has 3 nitrogen and oxygen atoms in total. The number of anilines is 1. The summed E-state index contributed by atoms with van der Waals surface area (Å²) in [5, 5.41) is 10.1. The second kappa shape index (κ2) is 5.87. The van der Waals surface area contributed by atoms with Crippen molar-refractivity contribution in [3.8, 4) is 0 Å². The average molecular weight is 222 g/mol. The molecular formula is C13H22N2O. The molecule has 3 heteroatoms. The first-order valence-corrected chi connectivity index (χ1v) is 5.82. The first-order chi connectivity index (χ1) is 7.54. The van der Waals surface area contributed by atoms with Gasteiger partial charge in [-0.15, -0.1) is 0 Å². The first kappa shape index (κ1) is 13.0. The van der Waals surface area contributed by atoms with E-state index in [4.69, 9.17) is 5.73 Å². The van der Waals surface area contributed by atoms with Crippen molar-refractivity contribution in [3.05, 3.63) is 29.8 Å². The number of nitrogen functional groups attached to an aromatic ring is 1. The van der Waals surface area contributed by atoms with Crippen LogP contribution in [0.3, 0.4) is 0 Å². The summed E-state index contributed by atoms with van der Waals surface area (Å²) in [5.74, 6) is 0. The molecule has 90 valence electrons. The van der Waals surface area contributed by atoms with Crippen LogP contribution in [-0.4, -0.2) is 29.1 Å². The van der Waals surface area contributed by atoms with Crippen LogP contribution in [0, 0.1) is 0 Å². The van der Waals surface area contributed by atoms with Crippen LogP contribution in [0.4, 0.5) is 5.69 Å². The van der Waals surface area contributed by atoms with E-state index in [0.717, 1.165) is 12.1 Å².